The zero-order chi connectivity index (χ0) is 10.7. The summed E-state index contributed by atoms with van der Waals surface area (Å²) >= 11 is 3.44. The van der Waals surface area contributed by atoms with E-state index >= 15 is 0 Å². The van der Waals surface area contributed by atoms with Gasteiger partial charge in [-0.15, -0.1) is 0 Å². The SMILES string of the molecule is NCc1cc(CN2CCCCC2)c(Br)o1. The largest absolute Gasteiger partial charge is 0.453 e. The summed E-state index contributed by atoms with van der Waals surface area (Å²) in [4.78, 5) is 2.47. The van der Waals surface area contributed by atoms with E-state index in [9.17, 15) is 0 Å². The van der Waals surface area contributed by atoms with Crippen molar-refractivity contribution < 1.29 is 4.42 Å². The van der Waals surface area contributed by atoms with E-state index in [0.29, 0.717) is 6.54 Å². The first-order valence-corrected chi connectivity index (χ1v) is 6.28. The molecule has 1 aliphatic rings. The Kier molecular flexibility index (Phi) is 3.83. The van der Waals surface area contributed by atoms with Crippen molar-refractivity contribution in [2.45, 2.75) is 32.4 Å². The van der Waals surface area contributed by atoms with E-state index in [-0.39, 0.29) is 0 Å². The number of halogens is 1. The molecule has 1 saturated heterocycles. The molecule has 84 valence electrons. The van der Waals surface area contributed by atoms with Gasteiger partial charge in [-0.05, 0) is 47.9 Å². The molecule has 0 saturated carbocycles. The first kappa shape index (κ1) is 11.2. The number of nitrogens with zero attached hydrogens (tertiary/aromatic N) is 1. The number of furan rings is 1. The summed E-state index contributed by atoms with van der Waals surface area (Å²) in [5.41, 5.74) is 6.76. The lowest BCUT2D eigenvalue weighted by Crippen LogP contribution is -2.29. The average Bonchev–Trinajstić information content (AvgIpc) is 2.61. The van der Waals surface area contributed by atoms with E-state index in [2.05, 4.69) is 26.9 Å². The van der Waals surface area contributed by atoms with E-state index in [1.807, 2.05) is 0 Å². The monoisotopic (exact) mass is 272 g/mol. The first-order valence-electron chi connectivity index (χ1n) is 5.49. The summed E-state index contributed by atoms with van der Waals surface area (Å²) < 4.78 is 6.31. The van der Waals surface area contributed by atoms with Crippen LogP contribution in [0.1, 0.15) is 30.6 Å². The van der Waals surface area contributed by atoms with Crippen LogP contribution in [0.4, 0.5) is 0 Å². The summed E-state index contributed by atoms with van der Waals surface area (Å²) in [7, 11) is 0. The van der Waals surface area contributed by atoms with E-state index in [1.54, 1.807) is 0 Å². The molecular weight excluding hydrogens is 256 g/mol. The molecule has 3 nitrogen and oxygen atoms in total. The third-order valence-corrected chi connectivity index (χ3v) is 3.52. The van der Waals surface area contributed by atoms with Crippen molar-refractivity contribution in [3.8, 4) is 0 Å². The Labute approximate surface area is 98.7 Å². The van der Waals surface area contributed by atoms with Gasteiger partial charge in [0, 0.05) is 12.1 Å². The van der Waals surface area contributed by atoms with Crippen LogP contribution in [0.5, 0.6) is 0 Å². The fourth-order valence-corrected chi connectivity index (χ4v) is 2.48. The van der Waals surface area contributed by atoms with Crippen molar-refractivity contribution in [3.05, 3.63) is 22.1 Å². The summed E-state index contributed by atoms with van der Waals surface area (Å²) in [6.45, 7) is 3.85. The van der Waals surface area contributed by atoms with Crippen LogP contribution in [0.2, 0.25) is 0 Å². The Hall–Kier alpha value is -0.320. The maximum Gasteiger partial charge on any atom is 0.173 e. The maximum atomic E-state index is 5.54. The highest BCUT2D eigenvalue weighted by Gasteiger charge is 2.14. The smallest absolute Gasteiger partial charge is 0.173 e. The van der Waals surface area contributed by atoms with Crippen LogP contribution < -0.4 is 5.73 Å². The van der Waals surface area contributed by atoms with Gasteiger partial charge in [-0.1, -0.05) is 6.42 Å². The lowest BCUT2D eigenvalue weighted by Gasteiger charge is -2.25. The predicted octanol–water partition coefficient (Wildman–Crippen LogP) is 2.49. The van der Waals surface area contributed by atoms with Crippen LogP contribution >= 0.6 is 15.9 Å². The van der Waals surface area contributed by atoms with Crippen molar-refractivity contribution in [1.82, 2.24) is 4.90 Å². The first-order chi connectivity index (χ1) is 7.29. The Bertz CT molecular complexity index is 318. The van der Waals surface area contributed by atoms with Gasteiger partial charge < -0.3 is 10.2 Å². The fourth-order valence-electron chi connectivity index (χ4n) is 2.03. The van der Waals surface area contributed by atoms with E-state index in [1.165, 1.54) is 37.9 Å². The van der Waals surface area contributed by atoms with Crippen molar-refractivity contribution in [2.75, 3.05) is 13.1 Å². The van der Waals surface area contributed by atoms with Crippen LogP contribution in [0.15, 0.2) is 15.2 Å². The summed E-state index contributed by atoms with van der Waals surface area (Å²) in [5, 5.41) is 0. The molecule has 1 fully saturated rings. The van der Waals surface area contributed by atoms with Crippen LogP contribution in [-0.2, 0) is 13.1 Å². The average molecular weight is 273 g/mol. The zero-order valence-electron chi connectivity index (χ0n) is 8.84. The maximum absolute atomic E-state index is 5.54. The second-order valence-corrected chi connectivity index (χ2v) is 4.77. The van der Waals surface area contributed by atoms with E-state index in [0.717, 1.165) is 17.0 Å². The molecule has 0 atom stereocenters. The van der Waals surface area contributed by atoms with Gasteiger partial charge in [0.05, 0.1) is 6.54 Å². The van der Waals surface area contributed by atoms with Crippen molar-refractivity contribution >= 4 is 15.9 Å². The Balaban J connectivity index is 1.99. The Morgan fingerprint density at radius 1 is 1.33 bits per heavy atom. The van der Waals surface area contributed by atoms with Gasteiger partial charge >= 0.3 is 0 Å². The van der Waals surface area contributed by atoms with E-state index < -0.39 is 0 Å². The van der Waals surface area contributed by atoms with Gasteiger partial charge in [0.2, 0.25) is 0 Å². The van der Waals surface area contributed by atoms with Gasteiger partial charge in [-0.25, -0.2) is 0 Å². The molecular formula is C11H17BrN2O. The highest BCUT2D eigenvalue weighted by atomic mass is 79.9. The molecule has 0 radical (unpaired) electrons. The third-order valence-electron chi connectivity index (χ3n) is 2.85. The number of rotatable bonds is 3. The van der Waals surface area contributed by atoms with Gasteiger partial charge in [0.15, 0.2) is 4.67 Å². The van der Waals surface area contributed by atoms with Crippen molar-refractivity contribution in [2.24, 2.45) is 5.73 Å². The molecule has 0 bridgehead atoms. The van der Waals surface area contributed by atoms with Gasteiger partial charge in [-0.3, -0.25) is 4.90 Å². The third kappa shape index (κ3) is 2.83. The van der Waals surface area contributed by atoms with Gasteiger partial charge in [-0.2, -0.15) is 0 Å². The lowest BCUT2D eigenvalue weighted by atomic mass is 10.1. The molecule has 0 unspecified atom stereocenters. The van der Waals surface area contributed by atoms with Gasteiger partial charge in [0.25, 0.3) is 0 Å². The fraction of sp³-hybridized carbons (Fsp3) is 0.636. The number of piperidine rings is 1. The molecule has 4 heteroatoms. The minimum Gasteiger partial charge on any atom is -0.453 e. The molecule has 0 aliphatic carbocycles. The Morgan fingerprint density at radius 3 is 2.67 bits per heavy atom. The standard InChI is InChI=1S/C11H17BrN2O/c12-11-9(6-10(7-13)15-11)8-14-4-2-1-3-5-14/h6H,1-5,7-8,13H2. The number of likely N-dealkylation sites (tertiary alicyclic amines) is 1. The minimum atomic E-state index is 0.471. The van der Waals surface area contributed by atoms with Crippen LogP contribution in [0.3, 0.4) is 0 Å². The highest BCUT2D eigenvalue weighted by molar-refractivity contribution is 9.10. The highest BCUT2D eigenvalue weighted by Crippen LogP contribution is 2.24. The summed E-state index contributed by atoms with van der Waals surface area (Å²) in [6, 6.07) is 2.05. The van der Waals surface area contributed by atoms with Gasteiger partial charge in [0.1, 0.15) is 5.76 Å². The molecule has 15 heavy (non-hydrogen) atoms. The second kappa shape index (κ2) is 5.14. The molecule has 2 heterocycles. The van der Waals surface area contributed by atoms with Crippen LogP contribution in [-0.4, -0.2) is 18.0 Å². The predicted molar refractivity (Wildman–Crippen MR) is 63.4 cm³/mol. The molecule has 2 N–H and O–H groups in total. The number of hydrogen-bond donors (Lipinski definition) is 1. The van der Waals surface area contributed by atoms with Crippen LogP contribution in [0, 0.1) is 0 Å². The number of hydrogen-bond acceptors (Lipinski definition) is 3. The Morgan fingerprint density at radius 2 is 2.07 bits per heavy atom. The normalized spacial score (nSPS) is 18.3. The topological polar surface area (TPSA) is 42.4 Å². The molecule has 0 aromatic carbocycles. The zero-order valence-corrected chi connectivity index (χ0v) is 10.4. The van der Waals surface area contributed by atoms with E-state index in [4.69, 9.17) is 10.2 Å². The molecule has 2 rings (SSSR count). The number of nitrogens with two attached hydrogens (primary N) is 1. The molecule has 0 spiro atoms. The minimum absolute atomic E-state index is 0.471. The summed E-state index contributed by atoms with van der Waals surface area (Å²) in [5.74, 6) is 0.855. The van der Waals surface area contributed by atoms with Crippen LogP contribution in [0.25, 0.3) is 0 Å². The molecule has 1 aromatic rings. The summed E-state index contributed by atoms with van der Waals surface area (Å²) in [6.07, 6.45) is 4.01. The molecule has 1 aromatic heterocycles. The molecule has 1 aliphatic heterocycles. The van der Waals surface area contributed by atoms with Crippen molar-refractivity contribution in [3.63, 3.8) is 0 Å². The molecule has 0 amide bonds. The quantitative estimate of drug-likeness (QED) is 0.920. The lowest BCUT2D eigenvalue weighted by molar-refractivity contribution is 0.219. The second-order valence-electron chi connectivity index (χ2n) is 4.05. The van der Waals surface area contributed by atoms with Crippen molar-refractivity contribution in [1.29, 1.82) is 0 Å².